The van der Waals surface area contributed by atoms with Crippen molar-refractivity contribution in [1.82, 2.24) is 24.8 Å². The van der Waals surface area contributed by atoms with Crippen LogP contribution in [0.15, 0.2) is 73.2 Å². The summed E-state index contributed by atoms with van der Waals surface area (Å²) in [7, 11) is 4.28. The molecule has 38 heavy (non-hydrogen) atoms. The van der Waals surface area contributed by atoms with Crippen molar-refractivity contribution in [2.75, 3.05) is 34.4 Å². The zero-order valence-electron chi connectivity index (χ0n) is 21.5. The Bertz CT molecular complexity index is 1250. The van der Waals surface area contributed by atoms with Crippen LogP contribution in [-0.2, 0) is 30.4 Å². The zero-order chi connectivity index (χ0) is 26.9. The number of carbonyl (C=O) groups is 3. The summed E-state index contributed by atoms with van der Waals surface area (Å²) in [6.45, 7) is 0.274. The number of piperidine rings is 2. The first kappa shape index (κ1) is 25.6. The smallest absolute Gasteiger partial charge is 0.322 e. The summed E-state index contributed by atoms with van der Waals surface area (Å²) in [6.07, 6.45) is 4.92. The summed E-state index contributed by atoms with van der Waals surface area (Å²) >= 11 is 0. The highest BCUT2D eigenvalue weighted by atomic mass is 16.5. The predicted molar refractivity (Wildman–Crippen MR) is 135 cm³/mol. The van der Waals surface area contributed by atoms with E-state index in [-0.39, 0.29) is 19.6 Å². The number of aromatic nitrogens is 3. The number of fused-ring (bicyclic) bond motifs is 2. The van der Waals surface area contributed by atoms with Crippen LogP contribution in [0.4, 0.5) is 0 Å². The molecular formula is C28H29N5O5. The lowest BCUT2D eigenvalue weighted by Crippen LogP contribution is -2.75. The van der Waals surface area contributed by atoms with Crippen molar-refractivity contribution in [2.24, 2.45) is 10.8 Å². The van der Waals surface area contributed by atoms with Gasteiger partial charge in [-0.2, -0.15) is 0 Å². The van der Waals surface area contributed by atoms with Gasteiger partial charge in [0.05, 0.1) is 43.4 Å². The van der Waals surface area contributed by atoms with Crippen LogP contribution in [0, 0.1) is 10.8 Å². The standard InChI is InChI=1S/C28H29N5O5/c1-32-17-27(25(35)37-2)22(20-11-5-8-14-30-20)33(16-19-10-4-7-13-29-19)23(21-12-6-9-15-31-21)28(18-32,24(27)34)26(36)38-3/h4-15,22-23H,16-18H2,1-3H3. The van der Waals surface area contributed by atoms with Gasteiger partial charge in [0, 0.05) is 38.2 Å². The highest BCUT2D eigenvalue weighted by molar-refractivity contribution is 6.17. The molecule has 0 amide bonds. The van der Waals surface area contributed by atoms with Gasteiger partial charge in [-0.3, -0.25) is 34.2 Å². The monoisotopic (exact) mass is 515 g/mol. The summed E-state index contributed by atoms with van der Waals surface area (Å²) in [5, 5.41) is 0. The predicted octanol–water partition coefficient (Wildman–Crippen LogP) is 2.00. The van der Waals surface area contributed by atoms with Crippen LogP contribution in [0.5, 0.6) is 0 Å². The zero-order valence-corrected chi connectivity index (χ0v) is 21.5. The molecule has 5 rings (SSSR count). The van der Waals surface area contributed by atoms with Crippen LogP contribution in [0.25, 0.3) is 0 Å². The van der Waals surface area contributed by atoms with Gasteiger partial charge in [-0.25, -0.2) is 0 Å². The van der Waals surface area contributed by atoms with E-state index in [1.807, 2.05) is 28.0 Å². The number of pyridine rings is 3. The summed E-state index contributed by atoms with van der Waals surface area (Å²) in [5.74, 6) is -2.02. The van der Waals surface area contributed by atoms with Crippen molar-refractivity contribution in [3.63, 3.8) is 0 Å². The maximum Gasteiger partial charge on any atom is 0.322 e. The van der Waals surface area contributed by atoms with E-state index in [1.54, 1.807) is 62.0 Å². The van der Waals surface area contributed by atoms with E-state index < -0.39 is 40.6 Å². The van der Waals surface area contributed by atoms with Gasteiger partial charge < -0.3 is 14.4 Å². The van der Waals surface area contributed by atoms with Gasteiger partial charge >= 0.3 is 11.9 Å². The normalized spacial score (nSPS) is 27.5. The molecule has 5 heterocycles. The van der Waals surface area contributed by atoms with Crippen LogP contribution >= 0.6 is 0 Å². The second-order valence-corrected chi connectivity index (χ2v) is 9.73. The maximum atomic E-state index is 14.8. The summed E-state index contributed by atoms with van der Waals surface area (Å²) in [4.78, 5) is 60.0. The molecule has 0 aromatic carbocycles. The van der Waals surface area contributed by atoms with E-state index in [1.165, 1.54) is 14.2 Å². The van der Waals surface area contributed by atoms with E-state index in [0.29, 0.717) is 17.1 Å². The number of ketones is 1. The Kier molecular flexibility index (Phi) is 6.77. The lowest BCUT2D eigenvalue weighted by molar-refractivity contribution is -0.206. The number of hydrogen-bond donors (Lipinski definition) is 0. The third kappa shape index (κ3) is 3.79. The second-order valence-electron chi connectivity index (χ2n) is 9.73. The van der Waals surface area contributed by atoms with Crippen LogP contribution in [0.2, 0.25) is 0 Å². The van der Waals surface area contributed by atoms with Crippen molar-refractivity contribution >= 4 is 17.7 Å². The number of esters is 2. The fourth-order valence-electron chi connectivity index (χ4n) is 6.27. The molecule has 0 radical (unpaired) electrons. The van der Waals surface area contributed by atoms with Gasteiger partial charge in [-0.15, -0.1) is 0 Å². The Morgan fingerprint density at radius 2 is 1.29 bits per heavy atom. The minimum absolute atomic E-state index is 0.0339. The Morgan fingerprint density at radius 3 is 1.68 bits per heavy atom. The number of rotatable bonds is 6. The molecule has 0 aliphatic carbocycles. The maximum absolute atomic E-state index is 14.8. The topological polar surface area (TPSA) is 115 Å². The van der Waals surface area contributed by atoms with Gasteiger partial charge in [0.15, 0.2) is 16.6 Å². The summed E-state index contributed by atoms with van der Waals surface area (Å²) < 4.78 is 10.6. The number of Topliss-reactive ketones (excluding diaryl/α,β-unsaturated/α-hetero) is 1. The lowest BCUT2D eigenvalue weighted by Gasteiger charge is -2.60. The number of carbonyl (C=O) groups excluding carboxylic acids is 3. The van der Waals surface area contributed by atoms with Crippen molar-refractivity contribution in [3.05, 3.63) is 90.3 Å². The van der Waals surface area contributed by atoms with E-state index in [9.17, 15) is 14.4 Å². The van der Waals surface area contributed by atoms with Crippen molar-refractivity contribution in [2.45, 2.75) is 18.6 Å². The molecule has 2 saturated heterocycles. The highest BCUT2D eigenvalue weighted by Gasteiger charge is 2.75. The van der Waals surface area contributed by atoms with Crippen molar-refractivity contribution in [1.29, 1.82) is 0 Å². The lowest BCUT2D eigenvalue weighted by atomic mass is 9.54. The Hall–Kier alpha value is -4.02. The molecule has 0 N–H and O–H groups in total. The first-order chi connectivity index (χ1) is 18.4. The number of hydrogen-bond acceptors (Lipinski definition) is 10. The molecule has 3 aromatic rings. The SMILES string of the molecule is COC(=O)C12CN(C)CC(C(=O)OC)(C1=O)C(c1ccccn1)N(Cc1ccccn1)C2c1ccccn1. The van der Waals surface area contributed by atoms with E-state index in [4.69, 9.17) is 9.47 Å². The van der Waals surface area contributed by atoms with Crippen LogP contribution in [-0.4, -0.2) is 76.8 Å². The Morgan fingerprint density at radius 1 is 0.816 bits per heavy atom. The average Bonchev–Trinajstić information content (AvgIpc) is 2.95. The van der Waals surface area contributed by atoms with Gasteiger partial charge in [-0.1, -0.05) is 18.2 Å². The number of nitrogens with zero attached hydrogens (tertiary/aromatic N) is 5. The molecule has 196 valence electrons. The molecule has 2 aliphatic heterocycles. The van der Waals surface area contributed by atoms with Gasteiger partial charge in [0.1, 0.15) is 0 Å². The van der Waals surface area contributed by atoms with Crippen molar-refractivity contribution in [3.8, 4) is 0 Å². The molecule has 3 aromatic heterocycles. The van der Waals surface area contributed by atoms with E-state index >= 15 is 0 Å². The minimum Gasteiger partial charge on any atom is -0.468 e. The quantitative estimate of drug-likeness (QED) is 0.357. The van der Waals surface area contributed by atoms with Gasteiger partial charge in [-0.05, 0) is 43.4 Å². The third-order valence-corrected chi connectivity index (χ3v) is 7.55. The van der Waals surface area contributed by atoms with Gasteiger partial charge in [0.2, 0.25) is 0 Å². The number of methoxy groups -OCH3 is 2. The molecule has 2 fully saturated rings. The van der Waals surface area contributed by atoms with E-state index in [2.05, 4.69) is 15.0 Å². The first-order valence-corrected chi connectivity index (χ1v) is 12.3. The van der Waals surface area contributed by atoms with Crippen LogP contribution < -0.4 is 0 Å². The Labute approximate surface area is 220 Å². The minimum atomic E-state index is -1.77. The van der Waals surface area contributed by atoms with Crippen LogP contribution in [0.1, 0.15) is 29.2 Å². The fourth-order valence-corrected chi connectivity index (χ4v) is 6.27. The molecule has 4 atom stereocenters. The van der Waals surface area contributed by atoms with E-state index in [0.717, 1.165) is 0 Å². The van der Waals surface area contributed by atoms with Crippen LogP contribution in [0.3, 0.4) is 0 Å². The summed E-state index contributed by atoms with van der Waals surface area (Å²) in [6, 6.07) is 14.5. The molecule has 4 unspecified atom stereocenters. The molecule has 10 nitrogen and oxygen atoms in total. The molecular weight excluding hydrogens is 486 g/mol. The average molecular weight is 516 g/mol. The molecule has 10 heteroatoms. The fraction of sp³-hybridized carbons (Fsp3) is 0.357. The number of likely N-dealkylation sites (tertiary alicyclic amines) is 2. The number of ether oxygens (including phenoxy) is 2. The second kappa shape index (κ2) is 10.0. The molecule has 0 spiro atoms. The molecule has 0 saturated carbocycles. The molecule has 2 bridgehead atoms. The largest absolute Gasteiger partial charge is 0.468 e. The first-order valence-electron chi connectivity index (χ1n) is 12.3. The Balaban J connectivity index is 1.88. The summed E-state index contributed by atoms with van der Waals surface area (Å²) in [5.41, 5.74) is -1.86. The molecule has 2 aliphatic rings. The van der Waals surface area contributed by atoms with Crippen molar-refractivity contribution < 1.29 is 23.9 Å². The third-order valence-electron chi connectivity index (χ3n) is 7.55. The van der Waals surface area contributed by atoms with Gasteiger partial charge in [0.25, 0.3) is 0 Å². The highest BCUT2D eigenvalue weighted by Crippen LogP contribution is 2.60.